The average Bonchev–Trinajstić information content (AvgIpc) is 3.02. The van der Waals surface area contributed by atoms with Crippen LogP contribution in [-0.4, -0.2) is 40.8 Å². The average molecular weight is 332 g/mol. The van der Waals surface area contributed by atoms with Gasteiger partial charge in [-0.05, 0) is 30.7 Å². The van der Waals surface area contributed by atoms with E-state index in [1.165, 1.54) is 5.56 Å². The van der Waals surface area contributed by atoms with Crippen molar-refractivity contribution in [2.75, 3.05) is 0 Å². The van der Waals surface area contributed by atoms with Crippen molar-refractivity contribution >= 4 is 18.7 Å². The largest absolute Gasteiger partial charge is 0.475 e. The summed E-state index contributed by atoms with van der Waals surface area (Å²) in [4.78, 5) is 17.4. The summed E-state index contributed by atoms with van der Waals surface area (Å²) in [6, 6.07) is 10.1. The molecule has 0 saturated heterocycles. The molecule has 1 aromatic carbocycles. The predicted molar refractivity (Wildman–Crippen MR) is 93.3 cm³/mol. The van der Waals surface area contributed by atoms with E-state index in [9.17, 15) is 14.8 Å². The first-order valence-corrected chi connectivity index (χ1v) is 8.37. The molecule has 1 aliphatic rings. The molecule has 24 heavy (non-hydrogen) atoms. The van der Waals surface area contributed by atoms with E-state index in [-0.39, 0.29) is 11.8 Å². The van der Waals surface area contributed by atoms with Crippen molar-refractivity contribution in [3.8, 4) is 0 Å². The molecule has 7 heteroatoms. The van der Waals surface area contributed by atoms with Gasteiger partial charge in [-0.15, -0.1) is 0 Å². The fourth-order valence-corrected chi connectivity index (χ4v) is 2.69. The lowest BCUT2D eigenvalue weighted by Crippen LogP contribution is -2.50. The molecular weight excluding hydrogens is 307 g/mol. The Bertz CT molecular complexity index is 563. The van der Waals surface area contributed by atoms with Crippen LogP contribution >= 0.6 is 0 Å². The number of nitrogens with one attached hydrogen (secondary N) is 1. The molecule has 0 radical (unpaired) electrons. The zero-order valence-corrected chi connectivity index (χ0v) is 14.2. The van der Waals surface area contributed by atoms with Gasteiger partial charge in [-0.2, -0.15) is 0 Å². The second-order valence-electron chi connectivity index (χ2n) is 6.60. The van der Waals surface area contributed by atoms with Crippen LogP contribution in [0.1, 0.15) is 38.7 Å². The van der Waals surface area contributed by atoms with Crippen molar-refractivity contribution in [3.05, 3.63) is 35.9 Å². The van der Waals surface area contributed by atoms with Crippen LogP contribution in [0.3, 0.4) is 0 Å². The summed E-state index contributed by atoms with van der Waals surface area (Å²) in [7, 11) is -1.59. The first-order chi connectivity index (χ1) is 11.5. The van der Waals surface area contributed by atoms with E-state index in [2.05, 4.69) is 22.6 Å². The van der Waals surface area contributed by atoms with E-state index < -0.39 is 19.2 Å². The van der Waals surface area contributed by atoms with Gasteiger partial charge in [0, 0.05) is 6.42 Å². The van der Waals surface area contributed by atoms with E-state index in [1.807, 2.05) is 32.0 Å². The SMILES string of the molecule is CC(C)C[C@H](NC(=O)C1CC(CCc2ccccc2)=NO1)B(O)O. The van der Waals surface area contributed by atoms with Crippen molar-refractivity contribution in [3.63, 3.8) is 0 Å². The minimum Gasteiger partial charge on any atom is -0.426 e. The Labute approximate surface area is 143 Å². The summed E-state index contributed by atoms with van der Waals surface area (Å²) in [5, 5.41) is 25.4. The molecule has 2 atom stereocenters. The van der Waals surface area contributed by atoms with Crippen LogP contribution < -0.4 is 5.32 Å². The third kappa shape index (κ3) is 5.65. The molecule has 1 unspecified atom stereocenters. The molecule has 0 saturated carbocycles. The second kappa shape index (κ2) is 8.85. The maximum atomic E-state index is 12.2. The molecule has 6 nitrogen and oxygen atoms in total. The number of rotatable bonds is 8. The Morgan fingerprint density at radius 3 is 2.67 bits per heavy atom. The topological polar surface area (TPSA) is 91.2 Å². The molecular formula is C17H25BN2O4. The van der Waals surface area contributed by atoms with Crippen LogP contribution in [0.25, 0.3) is 0 Å². The third-order valence-corrected chi connectivity index (χ3v) is 3.98. The van der Waals surface area contributed by atoms with E-state index >= 15 is 0 Å². The van der Waals surface area contributed by atoms with Crippen molar-refractivity contribution in [2.45, 2.75) is 51.6 Å². The molecule has 0 bridgehead atoms. The van der Waals surface area contributed by atoms with Crippen molar-refractivity contribution < 1.29 is 19.7 Å². The van der Waals surface area contributed by atoms with Gasteiger partial charge in [0.05, 0.1) is 11.7 Å². The Balaban J connectivity index is 1.79. The van der Waals surface area contributed by atoms with Crippen molar-refractivity contribution in [1.29, 1.82) is 0 Å². The monoisotopic (exact) mass is 332 g/mol. The highest BCUT2D eigenvalue weighted by molar-refractivity contribution is 6.43. The third-order valence-electron chi connectivity index (χ3n) is 3.98. The minimum atomic E-state index is -1.59. The smallest absolute Gasteiger partial charge is 0.426 e. The quantitative estimate of drug-likeness (QED) is 0.626. The highest BCUT2D eigenvalue weighted by Crippen LogP contribution is 2.16. The summed E-state index contributed by atoms with van der Waals surface area (Å²) in [5.74, 6) is -0.819. The van der Waals surface area contributed by atoms with Gasteiger partial charge >= 0.3 is 7.12 Å². The van der Waals surface area contributed by atoms with Crippen LogP contribution in [0.5, 0.6) is 0 Å². The fourth-order valence-electron chi connectivity index (χ4n) is 2.69. The highest BCUT2D eigenvalue weighted by atomic mass is 16.6. The van der Waals surface area contributed by atoms with Gasteiger partial charge in [0.25, 0.3) is 5.91 Å². The molecule has 1 aromatic rings. The fraction of sp³-hybridized carbons (Fsp3) is 0.529. The molecule has 1 aliphatic heterocycles. The number of hydrogen-bond acceptors (Lipinski definition) is 5. The summed E-state index contributed by atoms with van der Waals surface area (Å²) >= 11 is 0. The Hall–Kier alpha value is -1.86. The molecule has 1 heterocycles. The summed E-state index contributed by atoms with van der Waals surface area (Å²) in [6.07, 6.45) is 1.82. The van der Waals surface area contributed by atoms with Crippen molar-refractivity contribution in [2.24, 2.45) is 11.1 Å². The highest BCUT2D eigenvalue weighted by Gasteiger charge is 2.33. The molecule has 2 rings (SSSR count). The molecule has 0 aliphatic carbocycles. The maximum absolute atomic E-state index is 12.2. The molecule has 0 fully saturated rings. The molecule has 3 N–H and O–H groups in total. The van der Waals surface area contributed by atoms with Gasteiger partial charge in [-0.3, -0.25) is 4.79 Å². The lowest BCUT2D eigenvalue weighted by atomic mass is 9.75. The second-order valence-corrected chi connectivity index (χ2v) is 6.60. The number of hydrogen-bond donors (Lipinski definition) is 3. The number of amides is 1. The van der Waals surface area contributed by atoms with Gasteiger partial charge in [0.15, 0.2) is 0 Å². The summed E-state index contributed by atoms with van der Waals surface area (Å²) < 4.78 is 0. The number of oxime groups is 1. The maximum Gasteiger partial charge on any atom is 0.475 e. The lowest BCUT2D eigenvalue weighted by Gasteiger charge is -2.20. The first kappa shape index (κ1) is 18.5. The van der Waals surface area contributed by atoms with Gasteiger partial charge in [0.2, 0.25) is 6.10 Å². The lowest BCUT2D eigenvalue weighted by molar-refractivity contribution is -0.131. The minimum absolute atomic E-state index is 0.235. The van der Waals surface area contributed by atoms with Gasteiger partial charge in [-0.1, -0.05) is 49.3 Å². The number of aryl methyl sites for hydroxylation is 1. The number of carbonyl (C=O) groups is 1. The Morgan fingerprint density at radius 1 is 1.33 bits per heavy atom. The van der Waals surface area contributed by atoms with Gasteiger partial charge < -0.3 is 20.2 Å². The van der Waals surface area contributed by atoms with Crippen molar-refractivity contribution in [1.82, 2.24) is 5.32 Å². The van der Waals surface area contributed by atoms with E-state index in [4.69, 9.17) is 4.84 Å². The zero-order valence-electron chi connectivity index (χ0n) is 14.2. The summed E-state index contributed by atoms with van der Waals surface area (Å²) in [5.41, 5.74) is 2.07. The summed E-state index contributed by atoms with van der Waals surface area (Å²) in [6.45, 7) is 3.91. The standard InChI is InChI=1S/C17H25BN2O4/c1-12(2)10-16(18(22)23)19-17(21)15-11-14(20-24-15)9-8-13-6-4-3-5-7-13/h3-7,12,15-16,22-23H,8-11H2,1-2H3,(H,19,21)/t15?,16-/m0/s1. The normalized spacial score (nSPS) is 18.0. The zero-order chi connectivity index (χ0) is 17.5. The van der Waals surface area contributed by atoms with Crippen LogP contribution in [0.4, 0.5) is 0 Å². The number of benzene rings is 1. The van der Waals surface area contributed by atoms with Crippen LogP contribution in [0.2, 0.25) is 0 Å². The number of nitrogens with zero attached hydrogens (tertiary/aromatic N) is 1. The number of carbonyl (C=O) groups excluding carboxylic acids is 1. The molecule has 130 valence electrons. The predicted octanol–water partition coefficient (Wildman–Crippen LogP) is 1.31. The molecule has 0 spiro atoms. The molecule has 0 aromatic heterocycles. The van der Waals surface area contributed by atoms with Crippen LogP contribution in [-0.2, 0) is 16.1 Å². The van der Waals surface area contributed by atoms with Crippen LogP contribution in [0, 0.1) is 5.92 Å². The van der Waals surface area contributed by atoms with Gasteiger partial charge in [0.1, 0.15) is 0 Å². The molecule has 1 amide bonds. The van der Waals surface area contributed by atoms with E-state index in [1.54, 1.807) is 0 Å². The Morgan fingerprint density at radius 2 is 2.04 bits per heavy atom. The van der Waals surface area contributed by atoms with Crippen LogP contribution in [0.15, 0.2) is 35.5 Å². The Kier molecular flexibility index (Phi) is 6.81. The first-order valence-electron chi connectivity index (χ1n) is 8.37. The van der Waals surface area contributed by atoms with E-state index in [0.29, 0.717) is 12.8 Å². The van der Waals surface area contributed by atoms with Gasteiger partial charge in [-0.25, -0.2) is 0 Å². The van der Waals surface area contributed by atoms with E-state index in [0.717, 1.165) is 18.6 Å².